The van der Waals surface area contributed by atoms with Crippen molar-refractivity contribution in [1.29, 1.82) is 0 Å². The van der Waals surface area contributed by atoms with Gasteiger partial charge in [-0.25, -0.2) is 4.99 Å². The van der Waals surface area contributed by atoms with Crippen molar-refractivity contribution in [3.05, 3.63) is 83.7 Å². The summed E-state index contributed by atoms with van der Waals surface area (Å²) in [7, 11) is 3.36. The zero-order chi connectivity index (χ0) is 20.1. The summed E-state index contributed by atoms with van der Waals surface area (Å²) < 4.78 is 11.2. The molecule has 0 amide bonds. The molecule has 1 N–H and O–H groups in total. The van der Waals surface area contributed by atoms with Crippen molar-refractivity contribution >= 4 is 11.6 Å². The largest absolute Gasteiger partial charge is 0.496 e. The molecule has 1 aliphatic rings. The Hall–Kier alpha value is -3.54. The number of guanidine groups is 1. The van der Waals surface area contributed by atoms with Gasteiger partial charge in [-0.1, -0.05) is 30.3 Å². The second-order valence-corrected chi connectivity index (χ2v) is 6.74. The Morgan fingerprint density at radius 2 is 1.72 bits per heavy atom. The lowest BCUT2D eigenvalue weighted by Crippen LogP contribution is -2.39. The Labute approximate surface area is 170 Å². The van der Waals surface area contributed by atoms with Gasteiger partial charge in [0, 0.05) is 18.4 Å². The molecule has 1 aliphatic heterocycles. The summed E-state index contributed by atoms with van der Waals surface area (Å²) in [6.07, 6.45) is 1.79. The van der Waals surface area contributed by atoms with E-state index in [1.807, 2.05) is 42.5 Å². The molecule has 148 valence electrons. The number of para-hydroxylation sites is 1. The first-order valence-electron chi connectivity index (χ1n) is 9.52. The van der Waals surface area contributed by atoms with E-state index in [1.165, 1.54) is 5.56 Å². The van der Waals surface area contributed by atoms with Crippen LogP contribution in [0.3, 0.4) is 0 Å². The molecule has 0 bridgehead atoms. The summed E-state index contributed by atoms with van der Waals surface area (Å²) in [4.78, 5) is 11.4. The minimum atomic E-state index is 0.505. The number of nitrogens with one attached hydrogen (secondary N) is 1. The molecule has 6 heteroatoms. The fraction of sp³-hybridized carbons (Fsp3) is 0.217. The molecule has 29 heavy (non-hydrogen) atoms. The van der Waals surface area contributed by atoms with Crippen LogP contribution in [0, 0.1) is 0 Å². The summed E-state index contributed by atoms with van der Waals surface area (Å²) in [5, 5.41) is 3.48. The van der Waals surface area contributed by atoms with Crippen molar-refractivity contribution in [2.24, 2.45) is 4.99 Å². The van der Waals surface area contributed by atoms with Gasteiger partial charge in [-0.3, -0.25) is 4.98 Å². The predicted octanol–water partition coefficient (Wildman–Crippen LogP) is 4.08. The van der Waals surface area contributed by atoms with Crippen molar-refractivity contribution in [3.63, 3.8) is 0 Å². The maximum Gasteiger partial charge on any atom is 0.199 e. The maximum atomic E-state index is 5.59. The van der Waals surface area contributed by atoms with Crippen LogP contribution in [0.4, 0.5) is 5.69 Å². The fourth-order valence-corrected chi connectivity index (χ4v) is 3.45. The van der Waals surface area contributed by atoms with E-state index in [0.717, 1.165) is 40.9 Å². The van der Waals surface area contributed by atoms with Crippen LogP contribution in [0.15, 0.2) is 71.9 Å². The van der Waals surface area contributed by atoms with Crippen molar-refractivity contribution < 1.29 is 9.47 Å². The highest BCUT2D eigenvalue weighted by Crippen LogP contribution is 2.32. The highest BCUT2D eigenvalue weighted by Gasteiger charge is 2.23. The summed E-state index contributed by atoms with van der Waals surface area (Å²) >= 11 is 0. The third kappa shape index (κ3) is 4.16. The lowest BCUT2D eigenvalue weighted by atomic mass is 10.1. The standard InChI is InChI=1S/C23H24N4O2/c1-28-21-11-7-12-22(29-2)19(21)16-27-15-17-8-3-4-10-20(17)26-23(27)25-14-18-9-5-6-13-24-18/h3-13H,14-16H2,1-2H3,(H,25,26). The van der Waals surface area contributed by atoms with E-state index in [0.29, 0.717) is 13.1 Å². The average Bonchev–Trinajstić information content (AvgIpc) is 2.78. The van der Waals surface area contributed by atoms with Crippen LogP contribution >= 0.6 is 0 Å². The Bertz CT molecular complexity index is 983. The number of methoxy groups -OCH3 is 2. The lowest BCUT2D eigenvalue weighted by Gasteiger charge is -2.33. The summed E-state index contributed by atoms with van der Waals surface area (Å²) in [5.74, 6) is 2.40. The van der Waals surface area contributed by atoms with E-state index in [9.17, 15) is 0 Å². The van der Waals surface area contributed by atoms with Gasteiger partial charge < -0.3 is 19.7 Å². The molecule has 0 fully saturated rings. The molecule has 0 atom stereocenters. The molecule has 4 rings (SSSR count). The van der Waals surface area contributed by atoms with Gasteiger partial charge in [0.15, 0.2) is 5.96 Å². The van der Waals surface area contributed by atoms with Gasteiger partial charge in [-0.15, -0.1) is 0 Å². The lowest BCUT2D eigenvalue weighted by molar-refractivity contribution is 0.348. The van der Waals surface area contributed by atoms with Crippen LogP contribution in [-0.2, 0) is 19.6 Å². The van der Waals surface area contributed by atoms with E-state index in [2.05, 4.69) is 33.4 Å². The second kappa shape index (κ2) is 8.65. The smallest absolute Gasteiger partial charge is 0.199 e. The number of fused-ring (bicyclic) bond motifs is 1. The number of anilines is 1. The van der Waals surface area contributed by atoms with Crippen LogP contribution in [-0.4, -0.2) is 30.1 Å². The van der Waals surface area contributed by atoms with Crippen LogP contribution < -0.4 is 14.8 Å². The van der Waals surface area contributed by atoms with E-state index < -0.39 is 0 Å². The van der Waals surface area contributed by atoms with E-state index in [1.54, 1.807) is 20.4 Å². The summed E-state index contributed by atoms with van der Waals surface area (Å²) in [6, 6.07) is 20.0. The number of hydrogen-bond acceptors (Lipinski definition) is 4. The third-order valence-corrected chi connectivity index (χ3v) is 4.92. The molecule has 1 aromatic heterocycles. The number of pyridine rings is 1. The normalized spacial score (nSPS) is 14.3. The molecule has 0 radical (unpaired) electrons. The minimum absolute atomic E-state index is 0.505. The van der Waals surface area contributed by atoms with Crippen LogP contribution in [0.2, 0.25) is 0 Å². The number of aromatic nitrogens is 1. The van der Waals surface area contributed by atoms with Crippen molar-refractivity contribution in [2.45, 2.75) is 19.6 Å². The third-order valence-electron chi connectivity index (χ3n) is 4.92. The van der Waals surface area contributed by atoms with Gasteiger partial charge >= 0.3 is 0 Å². The molecule has 0 aliphatic carbocycles. The Morgan fingerprint density at radius 1 is 0.966 bits per heavy atom. The number of ether oxygens (including phenoxy) is 2. The van der Waals surface area contributed by atoms with E-state index in [4.69, 9.17) is 14.5 Å². The van der Waals surface area contributed by atoms with Gasteiger partial charge in [0.2, 0.25) is 0 Å². The fourth-order valence-electron chi connectivity index (χ4n) is 3.45. The molecule has 0 unspecified atom stereocenters. The van der Waals surface area contributed by atoms with Crippen LogP contribution in [0.1, 0.15) is 16.8 Å². The Morgan fingerprint density at radius 3 is 2.45 bits per heavy atom. The molecule has 2 heterocycles. The highest BCUT2D eigenvalue weighted by atomic mass is 16.5. The quantitative estimate of drug-likeness (QED) is 0.689. The first-order valence-corrected chi connectivity index (χ1v) is 9.52. The molecule has 2 aromatic carbocycles. The number of aliphatic imine (C=N–C) groups is 1. The van der Waals surface area contributed by atoms with Crippen LogP contribution in [0.25, 0.3) is 0 Å². The van der Waals surface area contributed by atoms with Crippen LogP contribution in [0.5, 0.6) is 11.5 Å². The first-order chi connectivity index (χ1) is 14.3. The van der Waals surface area contributed by atoms with E-state index in [-0.39, 0.29) is 0 Å². The monoisotopic (exact) mass is 388 g/mol. The Balaban J connectivity index is 1.67. The van der Waals surface area contributed by atoms with Crippen molar-refractivity contribution in [3.8, 4) is 11.5 Å². The molecular formula is C23H24N4O2. The first kappa shape index (κ1) is 18.8. The summed E-state index contributed by atoms with van der Waals surface area (Å²) in [5.41, 5.74) is 4.22. The van der Waals surface area contributed by atoms with Gasteiger partial charge in [0.1, 0.15) is 11.5 Å². The molecule has 0 saturated heterocycles. The van der Waals surface area contributed by atoms with Crippen molar-refractivity contribution in [2.75, 3.05) is 19.5 Å². The second-order valence-electron chi connectivity index (χ2n) is 6.74. The molecule has 3 aromatic rings. The zero-order valence-electron chi connectivity index (χ0n) is 16.6. The van der Waals surface area contributed by atoms with Gasteiger partial charge in [-0.05, 0) is 35.9 Å². The van der Waals surface area contributed by atoms with E-state index >= 15 is 0 Å². The Kier molecular flexibility index (Phi) is 5.61. The molecule has 6 nitrogen and oxygen atoms in total. The number of hydrogen-bond donors (Lipinski definition) is 1. The topological polar surface area (TPSA) is 59.0 Å². The number of benzene rings is 2. The maximum absolute atomic E-state index is 5.59. The number of rotatable bonds is 6. The minimum Gasteiger partial charge on any atom is -0.496 e. The average molecular weight is 388 g/mol. The highest BCUT2D eigenvalue weighted by molar-refractivity contribution is 5.96. The van der Waals surface area contributed by atoms with Gasteiger partial charge in [0.25, 0.3) is 0 Å². The molecule has 0 spiro atoms. The van der Waals surface area contributed by atoms with Crippen molar-refractivity contribution in [1.82, 2.24) is 9.88 Å². The zero-order valence-corrected chi connectivity index (χ0v) is 16.6. The van der Waals surface area contributed by atoms with Gasteiger partial charge in [0.05, 0.1) is 38.6 Å². The van der Waals surface area contributed by atoms with Gasteiger partial charge in [-0.2, -0.15) is 0 Å². The molecule has 0 saturated carbocycles. The SMILES string of the molecule is COc1cccc(OC)c1CN1Cc2ccccc2NC1=NCc1ccccn1. The summed E-state index contributed by atoms with van der Waals surface area (Å²) in [6.45, 7) is 1.85. The number of nitrogens with zero attached hydrogens (tertiary/aromatic N) is 3. The molecular weight excluding hydrogens is 364 g/mol. The predicted molar refractivity (Wildman–Crippen MR) is 114 cm³/mol.